The van der Waals surface area contributed by atoms with E-state index in [9.17, 15) is 8.42 Å². The summed E-state index contributed by atoms with van der Waals surface area (Å²) in [6, 6.07) is 5.22. The normalized spacial score (nSPS) is 27.5. The van der Waals surface area contributed by atoms with E-state index >= 15 is 0 Å². The van der Waals surface area contributed by atoms with E-state index in [1.165, 1.54) is 0 Å². The lowest BCUT2D eigenvalue weighted by molar-refractivity contribution is 0.142. The lowest BCUT2D eigenvalue weighted by Crippen LogP contribution is -2.38. The minimum atomic E-state index is -3.46. The summed E-state index contributed by atoms with van der Waals surface area (Å²) in [5.74, 6) is -0.0275. The fourth-order valence-electron chi connectivity index (χ4n) is 2.65. The molecule has 1 fully saturated rings. The first-order valence-corrected chi connectivity index (χ1v) is 8.92. The van der Waals surface area contributed by atoms with Gasteiger partial charge >= 0.3 is 0 Å². The van der Waals surface area contributed by atoms with Crippen molar-refractivity contribution in [2.75, 3.05) is 6.26 Å². The maximum absolute atomic E-state index is 11.2. The van der Waals surface area contributed by atoms with Gasteiger partial charge in [-0.3, -0.25) is 4.18 Å². The lowest BCUT2D eigenvalue weighted by atomic mass is 9.79. The first kappa shape index (κ1) is 16.0. The van der Waals surface area contributed by atoms with Gasteiger partial charge in [0.25, 0.3) is 10.1 Å². The van der Waals surface area contributed by atoms with E-state index in [4.69, 9.17) is 33.1 Å². The van der Waals surface area contributed by atoms with Crippen LogP contribution in [0.25, 0.3) is 0 Å². The molecule has 1 aliphatic carbocycles. The minimum absolute atomic E-state index is 0.0275. The lowest BCUT2D eigenvalue weighted by Gasteiger charge is -2.34. The van der Waals surface area contributed by atoms with Crippen molar-refractivity contribution in [3.8, 4) is 0 Å². The van der Waals surface area contributed by atoms with E-state index in [1.54, 1.807) is 12.1 Å². The zero-order valence-corrected chi connectivity index (χ0v) is 13.4. The zero-order valence-electron chi connectivity index (χ0n) is 11.1. The number of halogens is 2. The molecule has 0 saturated heterocycles. The third-order valence-electron chi connectivity index (χ3n) is 3.53. The van der Waals surface area contributed by atoms with E-state index in [2.05, 4.69) is 0 Å². The second kappa shape index (κ2) is 6.20. The predicted octanol–water partition coefficient (Wildman–Crippen LogP) is 2.93. The number of benzene rings is 1. The molecule has 0 radical (unpaired) electrons. The first-order chi connectivity index (χ1) is 9.26. The molecule has 3 atom stereocenters. The van der Waals surface area contributed by atoms with Crippen LogP contribution in [0, 0.1) is 0 Å². The Morgan fingerprint density at radius 3 is 2.60 bits per heavy atom. The maximum Gasteiger partial charge on any atom is 0.264 e. The highest BCUT2D eigenvalue weighted by Gasteiger charge is 2.32. The van der Waals surface area contributed by atoms with Crippen LogP contribution in [0.1, 0.15) is 30.7 Å². The van der Waals surface area contributed by atoms with Crippen molar-refractivity contribution in [2.45, 2.75) is 37.3 Å². The summed E-state index contributed by atoms with van der Waals surface area (Å²) in [6.45, 7) is 0. The van der Waals surface area contributed by atoms with Crippen LogP contribution in [0.15, 0.2) is 18.2 Å². The third-order valence-corrected chi connectivity index (χ3v) is 4.71. The van der Waals surface area contributed by atoms with Crippen LogP contribution in [0.2, 0.25) is 10.0 Å². The van der Waals surface area contributed by atoms with Gasteiger partial charge in [0, 0.05) is 22.0 Å². The standard InChI is InChI=1S/C13H17Cl2NO3S/c1-20(17,18)19-9-3-5-13(16)11(7-9)10-4-2-8(14)6-12(10)15/h2,4,6,9,11,13H,3,5,7,16H2,1H3. The van der Waals surface area contributed by atoms with Crippen LogP contribution in [0.5, 0.6) is 0 Å². The zero-order chi connectivity index (χ0) is 14.9. The Bertz CT molecular complexity index is 591. The topological polar surface area (TPSA) is 69.4 Å². The molecule has 0 bridgehead atoms. The molecule has 0 aliphatic heterocycles. The third kappa shape index (κ3) is 4.09. The van der Waals surface area contributed by atoms with Gasteiger partial charge in [-0.1, -0.05) is 29.3 Å². The Kier molecular flexibility index (Phi) is 4.97. The number of hydrogen-bond acceptors (Lipinski definition) is 4. The summed E-state index contributed by atoms with van der Waals surface area (Å²) in [4.78, 5) is 0. The Labute approximate surface area is 129 Å². The fraction of sp³-hybridized carbons (Fsp3) is 0.538. The average Bonchev–Trinajstić information content (AvgIpc) is 2.30. The second-order valence-electron chi connectivity index (χ2n) is 5.17. The van der Waals surface area contributed by atoms with Crippen LogP contribution in [0.3, 0.4) is 0 Å². The van der Waals surface area contributed by atoms with Gasteiger partial charge in [0.2, 0.25) is 0 Å². The molecule has 2 N–H and O–H groups in total. The quantitative estimate of drug-likeness (QED) is 0.861. The Morgan fingerprint density at radius 2 is 2.00 bits per heavy atom. The highest BCUT2D eigenvalue weighted by molar-refractivity contribution is 7.86. The van der Waals surface area contributed by atoms with Crippen LogP contribution in [0.4, 0.5) is 0 Å². The van der Waals surface area contributed by atoms with Crippen molar-refractivity contribution in [1.82, 2.24) is 0 Å². The Balaban J connectivity index is 2.20. The van der Waals surface area contributed by atoms with Gasteiger partial charge in [-0.2, -0.15) is 8.42 Å². The van der Waals surface area contributed by atoms with Crippen molar-refractivity contribution in [2.24, 2.45) is 5.73 Å². The summed E-state index contributed by atoms with van der Waals surface area (Å²) >= 11 is 12.1. The summed E-state index contributed by atoms with van der Waals surface area (Å²) in [5.41, 5.74) is 7.04. The second-order valence-corrected chi connectivity index (χ2v) is 7.62. The Hall–Kier alpha value is -0.330. The highest BCUT2D eigenvalue weighted by Crippen LogP contribution is 2.38. The van der Waals surface area contributed by atoms with Gasteiger partial charge in [0.05, 0.1) is 12.4 Å². The molecule has 0 heterocycles. The van der Waals surface area contributed by atoms with Crippen molar-refractivity contribution >= 4 is 33.3 Å². The fourth-order valence-corrected chi connectivity index (χ4v) is 3.87. The van der Waals surface area contributed by atoms with E-state index in [0.29, 0.717) is 29.3 Å². The summed E-state index contributed by atoms with van der Waals surface area (Å²) in [7, 11) is -3.46. The molecule has 112 valence electrons. The van der Waals surface area contributed by atoms with Gasteiger partial charge in [-0.15, -0.1) is 0 Å². The van der Waals surface area contributed by atoms with Gasteiger partial charge < -0.3 is 5.73 Å². The summed E-state index contributed by atoms with van der Waals surface area (Å²) in [6.07, 6.45) is 2.59. The molecule has 2 rings (SSSR count). The molecular formula is C13H17Cl2NO3S. The summed E-state index contributed by atoms with van der Waals surface area (Å²) < 4.78 is 27.6. The van der Waals surface area contributed by atoms with Crippen LogP contribution in [-0.2, 0) is 14.3 Å². The average molecular weight is 338 g/mol. The SMILES string of the molecule is CS(=O)(=O)OC1CCC(N)C(c2ccc(Cl)cc2Cl)C1. The number of nitrogens with two attached hydrogens (primary N) is 1. The monoisotopic (exact) mass is 337 g/mol. The largest absolute Gasteiger partial charge is 0.327 e. The predicted molar refractivity (Wildman–Crippen MR) is 80.7 cm³/mol. The molecule has 1 aliphatic rings. The van der Waals surface area contributed by atoms with E-state index in [-0.39, 0.29) is 18.1 Å². The van der Waals surface area contributed by atoms with E-state index in [0.717, 1.165) is 11.8 Å². The van der Waals surface area contributed by atoms with Crippen molar-refractivity contribution in [3.05, 3.63) is 33.8 Å². The Morgan fingerprint density at radius 1 is 1.30 bits per heavy atom. The smallest absolute Gasteiger partial charge is 0.264 e. The molecule has 20 heavy (non-hydrogen) atoms. The maximum atomic E-state index is 11.2. The van der Waals surface area contributed by atoms with Gasteiger partial charge in [-0.25, -0.2) is 0 Å². The molecular weight excluding hydrogens is 321 g/mol. The molecule has 0 spiro atoms. The molecule has 0 aromatic heterocycles. The molecule has 3 unspecified atom stereocenters. The van der Waals surface area contributed by atoms with Crippen LogP contribution >= 0.6 is 23.2 Å². The van der Waals surface area contributed by atoms with Crippen molar-refractivity contribution in [1.29, 1.82) is 0 Å². The molecule has 1 aromatic rings. The minimum Gasteiger partial charge on any atom is -0.327 e. The number of rotatable bonds is 3. The summed E-state index contributed by atoms with van der Waals surface area (Å²) in [5, 5.41) is 1.12. The van der Waals surface area contributed by atoms with Gasteiger partial charge in [-0.05, 0) is 37.0 Å². The molecule has 0 amide bonds. The van der Waals surface area contributed by atoms with Crippen molar-refractivity contribution in [3.63, 3.8) is 0 Å². The number of hydrogen-bond donors (Lipinski definition) is 1. The van der Waals surface area contributed by atoms with Crippen LogP contribution in [-0.4, -0.2) is 26.8 Å². The first-order valence-electron chi connectivity index (χ1n) is 6.35. The molecule has 1 saturated carbocycles. The van der Waals surface area contributed by atoms with Gasteiger partial charge in [0.1, 0.15) is 0 Å². The molecule has 1 aromatic carbocycles. The van der Waals surface area contributed by atoms with E-state index < -0.39 is 10.1 Å². The van der Waals surface area contributed by atoms with Gasteiger partial charge in [0.15, 0.2) is 0 Å². The molecule has 7 heteroatoms. The molecule has 4 nitrogen and oxygen atoms in total. The van der Waals surface area contributed by atoms with E-state index in [1.807, 2.05) is 6.07 Å². The van der Waals surface area contributed by atoms with Crippen molar-refractivity contribution < 1.29 is 12.6 Å². The highest BCUT2D eigenvalue weighted by atomic mass is 35.5. The van der Waals surface area contributed by atoms with Crippen LogP contribution < -0.4 is 5.73 Å².